The molecule has 30 heavy (non-hydrogen) atoms. The Kier molecular flexibility index (Phi) is 4.58. The van der Waals surface area contributed by atoms with E-state index in [0.29, 0.717) is 5.92 Å². The first-order chi connectivity index (χ1) is 14.6. The molecule has 0 amide bonds. The maximum Gasteiger partial charge on any atom is 0.145 e. The average Bonchev–Trinajstić information content (AvgIpc) is 3.18. The second-order valence-corrected chi connectivity index (χ2v) is 8.70. The zero-order valence-corrected chi connectivity index (χ0v) is 18.2. The minimum absolute atomic E-state index is 0.711. The molecule has 0 spiro atoms. The van der Waals surface area contributed by atoms with E-state index in [1.807, 2.05) is 0 Å². The lowest BCUT2D eigenvalue weighted by molar-refractivity contribution is 0.560. The Labute approximate surface area is 178 Å². The predicted molar refractivity (Wildman–Crippen MR) is 128 cm³/mol. The number of imidazole rings is 1. The fourth-order valence-corrected chi connectivity index (χ4v) is 4.82. The van der Waals surface area contributed by atoms with Crippen molar-refractivity contribution in [1.82, 2.24) is 9.38 Å². The molecule has 1 unspecified atom stereocenters. The van der Waals surface area contributed by atoms with Crippen LogP contribution in [0.15, 0.2) is 66.9 Å². The summed E-state index contributed by atoms with van der Waals surface area (Å²) in [4.78, 5) is 5.15. The lowest BCUT2D eigenvalue weighted by atomic mass is 9.92. The molecule has 0 radical (unpaired) electrons. The quantitative estimate of drug-likeness (QED) is 0.289. The Hall–Kier alpha value is -3.13. The third kappa shape index (κ3) is 2.99. The van der Waals surface area contributed by atoms with Crippen molar-refractivity contribution in [3.8, 4) is 11.3 Å². The van der Waals surface area contributed by atoms with Crippen molar-refractivity contribution in [2.24, 2.45) is 5.92 Å². The highest BCUT2D eigenvalue weighted by molar-refractivity contribution is 6.11. The number of rotatable bonds is 4. The molecule has 0 saturated heterocycles. The van der Waals surface area contributed by atoms with Crippen molar-refractivity contribution in [3.05, 3.63) is 83.6 Å². The molecular formula is C28H28N2. The number of hydrogen-bond acceptors (Lipinski definition) is 1. The van der Waals surface area contributed by atoms with Crippen LogP contribution in [0.5, 0.6) is 0 Å². The van der Waals surface area contributed by atoms with Crippen LogP contribution in [-0.4, -0.2) is 9.38 Å². The number of fused-ring (bicyclic) bond motifs is 6. The summed E-state index contributed by atoms with van der Waals surface area (Å²) in [6.45, 7) is 9.05. The number of aromatic nitrogens is 2. The molecule has 2 aromatic heterocycles. The van der Waals surface area contributed by atoms with Crippen LogP contribution in [0.25, 0.3) is 38.6 Å². The topological polar surface area (TPSA) is 17.3 Å². The van der Waals surface area contributed by atoms with Crippen LogP contribution in [0.2, 0.25) is 0 Å². The highest BCUT2D eigenvalue weighted by Gasteiger charge is 2.16. The van der Waals surface area contributed by atoms with Gasteiger partial charge in [0.2, 0.25) is 0 Å². The summed E-state index contributed by atoms with van der Waals surface area (Å²) in [6, 6.07) is 21.9. The maximum atomic E-state index is 5.15. The van der Waals surface area contributed by atoms with Gasteiger partial charge in [0.05, 0.1) is 11.2 Å². The van der Waals surface area contributed by atoms with Gasteiger partial charge in [-0.2, -0.15) is 0 Å². The van der Waals surface area contributed by atoms with E-state index >= 15 is 0 Å². The van der Waals surface area contributed by atoms with Crippen molar-refractivity contribution >= 4 is 27.3 Å². The van der Waals surface area contributed by atoms with Gasteiger partial charge < -0.3 is 0 Å². The van der Waals surface area contributed by atoms with Gasteiger partial charge in [0.25, 0.3) is 0 Å². The molecule has 2 heterocycles. The molecular weight excluding hydrogens is 364 g/mol. The second kappa shape index (κ2) is 7.28. The molecule has 0 aliphatic rings. The molecule has 0 fully saturated rings. The summed E-state index contributed by atoms with van der Waals surface area (Å²) in [5, 5.41) is 3.73. The van der Waals surface area contributed by atoms with Gasteiger partial charge >= 0.3 is 0 Å². The normalized spacial score (nSPS) is 12.8. The Morgan fingerprint density at radius 2 is 1.50 bits per heavy atom. The van der Waals surface area contributed by atoms with E-state index < -0.39 is 0 Å². The monoisotopic (exact) mass is 392 g/mol. The Morgan fingerprint density at radius 3 is 2.20 bits per heavy atom. The van der Waals surface area contributed by atoms with Crippen LogP contribution in [0.4, 0.5) is 0 Å². The zero-order chi connectivity index (χ0) is 20.8. The fourth-order valence-electron chi connectivity index (χ4n) is 4.82. The summed E-state index contributed by atoms with van der Waals surface area (Å²) in [5.41, 5.74) is 8.61. The standard InChI is InChI=1S/C28H28N2/c1-5-18(2)14-21-15-19(3)27(20(4)16-21)25-17-30-26-13-9-8-11-23(26)22-10-6-7-12-24(22)28(30)29-25/h6-13,15-18H,5,14H2,1-4H3. The maximum absolute atomic E-state index is 5.15. The van der Waals surface area contributed by atoms with E-state index in [2.05, 4.69) is 99.0 Å². The molecule has 0 bridgehead atoms. The third-order valence-corrected chi connectivity index (χ3v) is 6.46. The van der Waals surface area contributed by atoms with Crippen LogP contribution < -0.4 is 0 Å². The van der Waals surface area contributed by atoms with Gasteiger partial charge in [-0.3, -0.25) is 4.40 Å². The molecule has 0 aliphatic heterocycles. The van der Waals surface area contributed by atoms with Crippen LogP contribution in [0.1, 0.15) is 37.0 Å². The summed E-state index contributed by atoms with van der Waals surface area (Å²) in [5.74, 6) is 0.711. The van der Waals surface area contributed by atoms with E-state index in [-0.39, 0.29) is 0 Å². The van der Waals surface area contributed by atoms with Gasteiger partial charge in [0, 0.05) is 22.5 Å². The Morgan fingerprint density at radius 1 is 0.867 bits per heavy atom. The molecule has 2 nitrogen and oxygen atoms in total. The van der Waals surface area contributed by atoms with Gasteiger partial charge in [-0.1, -0.05) is 74.9 Å². The van der Waals surface area contributed by atoms with E-state index in [1.165, 1.54) is 50.4 Å². The Bertz CT molecular complexity index is 1290. The van der Waals surface area contributed by atoms with Gasteiger partial charge in [0.15, 0.2) is 0 Å². The van der Waals surface area contributed by atoms with Gasteiger partial charge in [-0.25, -0.2) is 4.98 Å². The molecule has 5 rings (SSSR count). The fraction of sp³-hybridized carbons (Fsp3) is 0.250. The number of nitrogens with zero attached hydrogens (tertiary/aromatic N) is 2. The van der Waals surface area contributed by atoms with Crippen molar-refractivity contribution in [2.45, 2.75) is 40.5 Å². The van der Waals surface area contributed by atoms with Crippen molar-refractivity contribution in [3.63, 3.8) is 0 Å². The largest absolute Gasteiger partial charge is 0.298 e. The van der Waals surface area contributed by atoms with Gasteiger partial charge in [0.1, 0.15) is 5.65 Å². The highest BCUT2D eigenvalue weighted by atomic mass is 15.0. The summed E-state index contributed by atoms with van der Waals surface area (Å²) in [6.07, 6.45) is 4.57. The minimum Gasteiger partial charge on any atom is -0.298 e. The first kappa shape index (κ1) is 18.9. The highest BCUT2D eigenvalue weighted by Crippen LogP contribution is 2.34. The van der Waals surface area contributed by atoms with E-state index in [4.69, 9.17) is 4.98 Å². The van der Waals surface area contributed by atoms with Gasteiger partial charge in [-0.05, 0) is 54.3 Å². The molecule has 0 saturated carbocycles. The summed E-state index contributed by atoms with van der Waals surface area (Å²) < 4.78 is 2.26. The Balaban J connectivity index is 1.75. The first-order valence-electron chi connectivity index (χ1n) is 11.0. The van der Waals surface area contributed by atoms with Crippen LogP contribution in [0, 0.1) is 19.8 Å². The number of hydrogen-bond donors (Lipinski definition) is 0. The molecule has 0 aliphatic carbocycles. The lowest BCUT2D eigenvalue weighted by Crippen LogP contribution is -2.00. The molecule has 3 aromatic carbocycles. The first-order valence-corrected chi connectivity index (χ1v) is 11.0. The number of pyridine rings is 1. The second-order valence-electron chi connectivity index (χ2n) is 8.70. The van der Waals surface area contributed by atoms with Crippen LogP contribution >= 0.6 is 0 Å². The molecule has 1 atom stereocenters. The molecule has 150 valence electrons. The average molecular weight is 393 g/mol. The lowest BCUT2D eigenvalue weighted by Gasteiger charge is -2.13. The molecule has 2 heteroatoms. The zero-order valence-electron chi connectivity index (χ0n) is 18.2. The number of aryl methyl sites for hydroxylation is 2. The number of para-hydroxylation sites is 1. The summed E-state index contributed by atoms with van der Waals surface area (Å²) in [7, 11) is 0. The van der Waals surface area contributed by atoms with E-state index in [1.54, 1.807) is 0 Å². The van der Waals surface area contributed by atoms with Crippen molar-refractivity contribution in [2.75, 3.05) is 0 Å². The predicted octanol–water partition coefficient (Wildman–Crippen LogP) is 7.51. The minimum atomic E-state index is 0.711. The van der Waals surface area contributed by atoms with Crippen LogP contribution in [-0.2, 0) is 6.42 Å². The van der Waals surface area contributed by atoms with E-state index in [0.717, 1.165) is 17.8 Å². The number of benzene rings is 3. The van der Waals surface area contributed by atoms with Gasteiger partial charge in [-0.15, -0.1) is 0 Å². The van der Waals surface area contributed by atoms with Crippen molar-refractivity contribution < 1.29 is 0 Å². The summed E-state index contributed by atoms with van der Waals surface area (Å²) >= 11 is 0. The SMILES string of the molecule is CCC(C)Cc1cc(C)c(-c2cn3c4ccccc4c4ccccc4c3n2)c(C)c1. The third-order valence-electron chi connectivity index (χ3n) is 6.46. The van der Waals surface area contributed by atoms with Crippen molar-refractivity contribution in [1.29, 1.82) is 0 Å². The molecule has 5 aromatic rings. The molecule has 0 N–H and O–H groups in total. The van der Waals surface area contributed by atoms with E-state index in [9.17, 15) is 0 Å². The smallest absolute Gasteiger partial charge is 0.145 e. The van der Waals surface area contributed by atoms with Crippen LogP contribution in [0.3, 0.4) is 0 Å².